The van der Waals surface area contributed by atoms with Gasteiger partial charge in [-0.3, -0.25) is 14.5 Å². The molecule has 2 aromatic rings. The van der Waals surface area contributed by atoms with E-state index in [1.54, 1.807) is 11.9 Å². The van der Waals surface area contributed by atoms with Gasteiger partial charge >= 0.3 is 6.03 Å². The molecule has 2 aliphatic heterocycles. The fraction of sp³-hybridized carbons (Fsp3) is 0.464. The van der Waals surface area contributed by atoms with Crippen LogP contribution in [0, 0.1) is 5.92 Å². The smallest absolute Gasteiger partial charge is 0.327 e. The SMILES string of the molecule is CN1C(=O)N(Cc2ccc(Br)cc2)C(=O)C12CCN(CC[C@H](NC(=O)C1CC1)c1ccccc1)CC2. The summed E-state index contributed by atoms with van der Waals surface area (Å²) in [6, 6.07) is 17.6. The summed E-state index contributed by atoms with van der Waals surface area (Å²) in [7, 11) is 1.76. The first-order valence-electron chi connectivity index (χ1n) is 12.8. The molecule has 2 saturated heterocycles. The van der Waals surface area contributed by atoms with E-state index in [1.807, 2.05) is 42.5 Å². The summed E-state index contributed by atoms with van der Waals surface area (Å²) in [5.74, 6) is 0.244. The third-order valence-electron chi connectivity index (χ3n) is 7.94. The molecule has 0 radical (unpaired) electrons. The third kappa shape index (κ3) is 5.06. The van der Waals surface area contributed by atoms with Crippen LogP contribution in [0.1, 0.15) is 49.3 Å². The Kier molecular flexibility index (Phi) is 7.17. The van der Waals surface area contributed by atoms with E-state index in [0.717, 1.165) is 54.5 Å². The summed E-state index contributed by atoms with van der Waals surface area (Å²) in [4.78, 5) is 44.5. The molecule has 0 unspecified atom stereocenters. The van der Waals surface area contributed by atoms with E-state index in [-0.39, 0.29) is 29.8 Å². The van der Waals surface area contributed by atoms with Gasteiger partial charge in [0, 0.05) is 37.1 Å². The lowest BCUT2D eigenvalue weighted by Crippen LogP contribution is -2.55. The molecule has 190 valence electrons. The number of halogens is 1. The molecule has 7 nitrogen and oxygen atoms in total. The highest BCUT2D eigenvalue weighted by molar-refractivity contribution is 9.10. The van der Waals surface area contributed by atoms with Crippen LogP contribution in [0.3, 0.4) is 0 Å². The van der Waals surface area contributed by atoms with Crippen molar-refractivity contribution in [2.75, 3.05) is 26.7 Å². The van der Waals surface area contributed by atoms with Gasteiger partial charge in [-0.15, -0.1) is 0 Å². The Balaban J connectivity index is 1.20. The van der Waals surface area contributed by atoms with E-state index in [1.165, 1.54) is 4.90 Å². The predicted molar refractivity (Wildman–Crippen MR) is 141 cm³/mol. The topological polar surface area (TPSA) is 73.0 Å². The first-order chi connectivity index (χ1) is 17.4. The minimum absolute atomic E-state index is 0.0195. The Morgan fingerprint density at radius 2 is 1.72 bits per heavy atom. The molecular formula is C28H33BrN4O3. The number of nitrogens with one attached hydrogen (secondary N) is 1. The van der Waals surface area contributed by atoms with Crippen molar-refractivity contribution in [1.82, 2.24) is 20.0 Å². The van der Waals surface area contributed by atoms with Gasteiger partial charge in [0.1, 0.15) is 5.54 Å². The number of carbonyl (C=O) groups is 3. The highest BCUT2D eigenvalue weighted by atomic mass is 79.9. The van der Waals surface area contributed by atoms with Crippen LogP contribution in [-0.2, 0) is 16.1 Å². The van der Waals surface area contributed by atoms with Crippen molar-refractivity contribution in [1.29, 1.82) is 0 Å². The Morgan fingerprint density at radius 3 is 2.36 bits per heavy atom. The Labute approximate surface area is 220 Å². The maximum Gasteiger partial charge on any atom is 0.327 e. The van der Waals surface area contributed by atoms with Crippen LogP contribution in [0.4, 0.5) is 4.79 Å². The first-order valence-corrected chi connectivity index (χ1v) is 13.6. The van der Waals surface area contributed by atoms with Gasteiger partial charge in [-0.25, -0.2) is 4.79 Å². The van der Waals surface area contributed by atoms with Crippen LogP contribution in [0.5, 0.6) is 0 Å². The minimum Gasteiger partial charge on any atom is -0.349 e. The van der Waals surface area contributed by atoms with Crippen LogP contribution in [0.15, 0.2) is 59.1 Å². The number of nitrogens with zero attached hydrogens (tertiary/aromatic N) is 3. The van der Waals surface area contributed by atoms with Crippen molar-refractivity contribution in [3.63, 3.8) is 0 Å². The molecule has 36 heavy (non-hydrogen) atoms. The van der Waals surface area contributed by atoms with Crippen LogP contribution >= 0.6 is 15.9 Å². The number of rotatable bonds is 8. The Morgan fingerprint density at radius 1 is 1.06 bits per heavy atom. The molecule has 1 spiro atoms. The van der Waals surface area contributed by atoms with Crippen molar-refractivity contribution in [3.05, 3.63) is 70.2 Å². The van der Waals surface area contributed by atoms with Crippen LogP contribution in [-0.4, -0.2) is 64.8 Å². The molecule has 2 heterocycles. The molecule has 1 saturated carbocycles. The lowest BCUT2D eigenvalue weighted by molar-refractivity contribution is -0.135. The van der Waals surface area contributed by atoms with Crippen molar-refractivity contribution < 1.29 is 14.4 Å². The first kappa shape index (κ1) is 25.0. The number of amides is 4. The number of urea groups is 1. The molecule has 0 bridgehead atoms. The zero-order valence-corrected chi connectivity index (χ0v) is 22.2. The molecule has 1 N–H and O–H groups in total. The van der Waals surface area contributed by atoms with Crippen molar-refractivity contribution in [2.45, 2.75) is 50.2 Å². The minimum atomic E-state index is -0.762. The lowest BCUT2D eigenvalue weighted by Gasteiger charge is -2.41. The normalized spacial score (nSPS) is 20.7. The van der Waals surface area contributed by atoms with Crippen LogP contribution < -0.4 is 5.32 Å². The predicted octanol–water partition coefficient (Wildman–Crippen LogP) is 4.34. The monoisotopic (exact) mass is 552 g/mol. The number of benzene rings is 2. The number of hydrogen-bond donors (Lipinski definition) is 1. The Hall–Kier alpha value is -2.71. The largest absolute Gasteiger partial charge is 0.349 e. The van der Waals surface area contributed by atoms with Gasteiger partial charge in [-0.05, 0) is 55.4 Å². The van der Waals surface area contributed by atoms with E-state index in [9.17, 15) is 14.4 Å². The highest BCUT2D eigenvalue weighted by Crippen LogP contribution is 2.37. The maximum absolute atomic E-state index is 13.5. The molecule has 0 aromatic heterocycles. The fourth-order valence-corrected chi connectivity index (χ4v) is 5.67. The van der Waals surface area contributed by atoms with Crippen molar-refractivity contribution in [2.24, 2.45) is 5.92 Å². The Bertz CT molecular complexity index is 1110. The average Bonchev–Trinajstić information content (AvgIpc) is 3.74. The van der Waals surface area contributed by atoms with E-state index < -0.39 is 5.54 Å². The summed E-state index contributed by atoms with van der Waals surface area (Å²) in [5.41, 5.74) is 1.30. The quantitative estimate of drug-likeness (QED) is 0.494. The molecule has 2 aromatic carbocycles. The second-order valence-corrected chi connectivity index (χ2v) is 11.2. The standard InChI is InChI=1S/C28H33BrN4O3/c1-31-27(36)33(19-20-7-11-23(29)12-8-20)26(35)28(31)14-17-32(18-15-28)16-13-24(21-5-3-2-4-6-21)30-25(34)22-9-10-22/h2-8,11-12,22,24H,9-10,13-19H2,1H3,(H,30,34)/t24-/m0/s1. The number of imide groups is 1. The van der Waals surface area contributed by atoms with Gasteiger partial charge in [0.05, 0.1) is 12.6 Å². The van der Waals surface area contributed by atoms with Gasteiger partial charge in [0.2, 0.25) is 5.91 Å². The molecule has 1 aliphatic carbocycles. The fourth-order valence-electron chi connectivity index (χ4n) is 5.41. The van der Waals surface area contributed by atoms with Gasteiger partial charge in [0.15, 0.2) is 0 Å². The lowest BCUT2D eigenvalue weighted by atomic mass is 9.86. The van der Waals surface area contributed by atoms with Gasteiger partial charge < -0.3 is 15.1 Å². The van der Waals surface area contributed by atoms with Gasteiger partial charge in [-0.2, -0.15) is 0 Å². The zero-order valence-electron chi connectivity index (χ0n) is 20.7. The second-order valence-electron chi connectivity index (χ2n) is 10.3. The van der Waals surface area contributed by atoms with E-state index in [2.05, 4.69) is 38.3 Å². The summed E-state index contributed by atoms with van der Waals surface area (Å²) >= 11 is 3.43. The number of likely N-dealkylation sites (tertiary alicyclic amines) is 1. The van der Waals surface area contributed by atoms with Crippen molar-refractivity contribution in [3.8, 4) is 0 Å². The zero-order chi connectivity index (χ0) is 25.3. The summed E-state index contributed by atoms with van der Waals surface area (Å²) in [6.07, 6.45) is 4.03. The molecule has 5 rings (SSSR count). The highest BCUT2D eigenvalue weighted by Gasteiger charge is 2.56. The summed E-state index contributed by atoms with van der Waals surface area (Å²) < 4.78 is 0.966. The number of hydrogen-bond acceptors (Lipinski definition) is 4. The number of carbonyl (C=O) groups excluding carboxylic acids is 3. The summed E-state index contributed by atoms with van der Waals surface area (Å²) in [5, 5.41) is 3.25. The molecule has 4 amide bonds. The van der Waals surface area contributed by atoms with Gasteiger partial charge in [0.25, 0.3) is 5.91 Å². The van der Waals surface area contributed by atoms with E-state index in [0.29, 0.717) is 19.4 Å². The van der Waals surface area contributed by atoms with E-state index >= 15 is 0 Å². The molecule has 3 aliphatic rings. The van der Waals surface area contributed by atoms with Crippen LogP contribution in [0.25, 0.3) is 0 Å². The maximum atomic E-state index is 13.5. The summed E-state index contributed by atoms with van der Waals surface area (Å²) in [6.45, 7) is 2.61. The second kappa shape index (κ2) is 10.3. The third-order valence-corrected chi connectivity index (χ3v) is 8.47. The number of piperidine rings is 1. The average molecular weight is 554 g/mol. The van der Waals surface area contributed by atoms with Crippen molar-refractivity contribution >= 4 is 33.8 Å². The molecular weight excluding hydrogens is 520 g/mol. The molecule has 1 atom stereocenters. The van der Waals surface area contributed by atoms with E-state index in [4.69, 9.17) is 0 Å². The molecule has 3 fully saturated rings. The van der Waals surface area contributed by atoms with Gasteiger partial charge in [-0.1, -0.05) is 58.4 Å². The molecule has 8 heteroatoms. The van der Waals surface area contributed by atoms with Crippen LogP contribution in [0.2, 0.25) is 0 Å². The number of likely N-dealkylation sites (N-methyl/N-ethyl adjacent to an activating group) is 1.